The van der Waals surface area contributed by atoms with Crippen LogP contribution in [0, 0.1) is 17.8 Å². The molecule has 12 heteroatoms. The molecule has 2 aromatic heterocycles. The number of hydrogen-bond donors (Lipinski definition) is 0. The Hall–Kier alpha value is -2.97. The summed E-state index contributed by atoms with van der Waals surface area (Å²) in [5.41, 5.74) is -0.533. The van der Waals surface area contributed by atoms with E-state index in [4.69, 9.17) is 32.6 Å². The molecule has 3 aliphatic rings. The Kier molecular flexibility index (Phi) is 7.71. The summed E-state index contributed by atoms with van der Waals surface area (Å²) in [5, 5.41) is 0.126. The zero-order valence-corrected chi connectivity index (χ0v) is 23.5. The molecule has 2 saturated heterocycles. The molecule has 210 valence electrons. The first-order valence-corrected chi connectivity index (χ1v) is 13.9. The van der Waals surface area contributed by atoms with Crippen LogP contribution in [0.15, 0.2) is 6.20 Å². The number of nitrogens with zero attached hydrogens (tertiary/aromatic N) is 7. The number of fused-ring (bicyclic) bond motifs is 1. The van der Waals surface area contributed by atoms with Gasteiger partial charge in [0.2, 0.25) is 6.54 Å². The van der Waals surface area contributed by atoms with E-state index in [1.54, 1.807) is 4.90 Å². The minimum Gasteiger partial charge on any atom is -0.463 e. The third kappa shape index (κ3) is 6.28. The summed E-state index contributed by atoms with van der Waals surface area (Å²) in [6, 6.07) is -0.344. The van der Waals surface area contributed by atoms with E-state index in [9.17, 15) is 4.79 Å². The van der Waals surface area contributed by atoms with E-state index in [1.165, 1.54) is 19.0 Å². The van der Waals surface area contributed by atoms with Crippen molar-refractivity contribution in [2.45, 2.75) is 58.1 Å². The van der Waals surface area contributed by atoms with Gasteiger partial charge in [-0.3, -0.25) is 4.90 Å². The average molecular weight is 560 g/mol. The maximum absolute atomic E-state index is 15.1. The van der Waals surface area contributed by atoms with Gasteiger partial charge in [-0.25, -0.2) is 20.7 Å². The van der Waals surface area contributed by atoms with Crippen LogP contribution in [0.2, 0.25) is 5.15 Å². The van der Waals surface area contributed by atoms with E-state index in [-0.39, 0.29) is 28.6 Å². The fourth-order valence-corrected chi connectivity index (χ4v) is 5.47. The van der Waals surface area contributed by atoms with Gasteiger partial charge in [-0.2, -0.15) is 9.97 Å². The molecule has 2 aliphatic heterocycles. The highest BCUT2D eigenvalue weighted by molar-refractivity contribution is 6.30. The van der Waals surface area contributed by atoms with Crippen molar-refractivity contribution in [3.63, 3.8) is 0 Å². The van der Waals surface area contributed by atoms with Crippen LogP contribution in [0.1, 0.15) is 46.5 Å². The highest BCUT2D eigenvalue weighted by Crippen LogP contribution is 2.47. The van der Waals surface area contributed by atoms with E-state index in [1.807, 2.05) is 25.7 Å². The predicted molar refractivity (Wildman–Crippen MR) is 146 cm³/mol. The summed E-state index contributed by atoms with van der Waals surface area (Å²) in [6.45, 7) is 17.7. The summed E-state index contributed by atoms with van der Waals surface area (Å²) in [7, 11) is 0. The molecule has 1 atom stereocenters. The normalized spacial score (nSPS) is 21.2. The van der Waals surface area contributed by atoms with Crippen molar-refractivity contribution < 1.29 is 18.7 Å². The van der Waals surface area contributed by atoms with Gasteiger partial charge in [0.05, 0.1) is 12.0 Å². The maximum Gasteiger partial charge on any atom is 0.410 e. The van der Waals surface area contributed by atoms with Gasteiger partial charge in [0.25, 0.3) is 0 Å². The fourth-order valence-electron chi connectivity index (χ4n) is 5.33. The molecule has 10 nitrogen and oxygen atoms in total. The van der Waals surface area contributed by atoms with Crippen molar-refractivity contribution in [1.29, 1.82) is 0 Å². The number of amides is 1. The predicted octanol–water partition coefficient (Wildman–Crippen LogP) is 4.42. The number of anilines is 1. The molecule has 1 aliphatic carbocycles. The van der Waals surface area contributed by atoms with Crippen molar-refractivity contribution in [3.05, 3.63) is 28.6 Å². The fraction of sp³-hybridized carbons (Fsp3) is 0.667. The molecule has 39 heavy (non-hydrogen) atoms. The second-order valence-electron chi connectivity index (χ2n) is 11.8. The number of aromatic nitrogens is 3. The molecule has 1 saturated carbocycles. The SMILES string of the molecule is [C-]#[N+]C[C@H]1CN(c2nc(OCC3(CN4CCCC4)CC3)nc3c(F)c(Cl)ncc23)CCN1C(=O)OC(C)(C)C. The third-order valence-corrected chi connectivity index (χ3v) is 7.80. The maximum atomic E-state index is 15.1. The van der Waals surface area contributed by atoms with E-state index >= 15 is 4.39 Å². The Bertz CT molecular complexity index is 1270. The second kappa shape index (κ2) is 10.9. The largest absolute Gasteiger partial charge is 0.463 e. The Balaban J connectivity index is 1.40. The minimum absolute atomic E-state index is 0.0377. The summed E-state index contributed by atoms with van der Waals surface area (Å²) < 4.78 is 26.8. The minimum atomic E-state index is -0.731. The number of carbonyl (C=O) groups excluding carboxylic acids is 1. The van der Waals surface area contributed by atoms with Gasteiger partial charge in [0.1, 0.15) is 23.0 Å². The van der Waals surface area contributed by atoms with Crippen molar-refractivity contribution in [1.82, 2.24) is 24.8 Å². The van der Waals surface area contributed by atoms with Crippen LogP contribution < -0.4 is 9.64 Å². The number of carbonyl (C=O) groups is 1. The van der Waals surface area contributed by atoms with E-state index < -0.39 is 23.6 Å². The Morgan fingerprint density at radius 1 is 1.23 bits per heavy atom. The lowest BCUT2D eigenvalue weighted by molar-refractivity contribution is 0.0155. The topological polar surface area (TPSA) is 88.3 Å². The lowest BCUT2D eigenvalue weighted by atomic mass is 10.1. The molecule has 0 radical (unpaired) electrons. The number of piperazine rings is 1. The molecule has 0 aromatic carbocycles. The van der Waals surface area contributed by atoms with Gasteiger partial charge in [-0.1, -0.05) is 11.6 Å². The van der Waals surface area contributed by atoms with Gasteiger partial charge in [0, 0.05) is 37.8 Å². The number of rotatable bonds is 7. The van der Waals surface area contributed by atoms with Gasteiger partial charge in [0.15, 0.2) is 11.0 Å². The molecule has 0 N–H and O–H groups in total. The zero-order chi connectivity index (χ0) is 27.8. The molecule has 0 spiro atoms. The molecule has 4 heterocycles. The average Bonchev–Trinajstić information content (AvgIpc) is 3.45. The number of ether oxygens (including phenoxy) is 2. The standard InChI is InChI=1S/C27H35ClFN7O3/c1-26(2,3)39-25(37)36-12-11-35(15-18(36)13-30-4)23-19-14-31-22(28)20(29)21(19)32-24(33-23)38-17-27(7-8-27)16-34-9-5-6-10-34/h14,18H,5-13,15-17H2,1-3H3/t18-/m0/s1. The highest BCUT2D eigenvalue weighted by atomic mass is 35.5. The molecule has 0 bridgehead atoms. The van der Waals surface area contributed by atoms with Gasteiger partial charge < -0.3 is 24.1 Å². The molecule has 0 unspecified atom stereocenters. The summed E-state index contributed by atoms with van der Waals surface area (Å²) >= 11 is 6.01. The van der Waals surface area contributed by atoms with Crippen LogP contribution in [0.5, 0.6) is 6.01 Å². The first kappa shape index (κ1) is 27.6. The van der Waals surface area contributed by atoms with Crippen molar-refractivity contribution in [3.8, 4) is 6.01 Å². The second-order valence-corrected chi connectivity index (χ2v) is 12.2. The zero-order valence-electron chi connectivity index (χ0n) is 22.8. The monoisotopic (exact) mass is 559 g/mol. The van der Waals surface area contributed by atoms with Crippen molar-refractivity contribution >= 4 is 34.4 Å². The van der Waals surface area contributed by atoms with Crippen LogP contribution in [0.25, 0.3) is 15.7 Å². The Morgan fingerprint density at radius 3 is 2.64 bits per heavy atom. The van der Waals surface area contributed by atoms with Gasteiger partial charge >= 0.3 is 12.1 Å². The highest BCUT2D eigenvalue weighted by Gasteiger charge is 2.45. The number of pyridine rings is 1. The van der Waals surface area contributed by atoms with Crippen LogP contribution >= 0.6 is 11.6 Å². The Labute approximate surface area is 233 Å². The summed E-state index contributed by atoms with van der Waals surface area (Å²) in [5.74, 6) is -0.285. The summed E-state index contributed by atoms with van der Waals surface area (Å²) in [6.07, 6.45) is 5.63. The summed E-state index contributed by atoms with van der Waals surface area (Å²) in [4.78, 5) is 35.5. The van der Waals surface area contributed by atoms with Crippen LogP contribution in [-0.2, 0) is 4.74 Å². The lowest BCUT2D eigenvalue weighted by Gasteiger charge is -2.40. The third-order valence-electron chi connectivity index (χ3n) is 7.54. The van der Waals surface area contributed by atoms with Crippen molar-refractivity contribution in [2.24, 2.45) is 5.41 Å². The molecule has 1 amide bonds. The molecule has 3 fully saturated rings. The number of halogens is 2. The van der Waals surface area contributed by atoms with Crippen LogP contribution in [-0.4, -0.2) is 94.9 Å². The first-order valence-electron chi connectivity index (χ1n) is 13.5. The van der Waals surface area contributed by atoms with E-state index in [0.29, 0.717) is 37.4 Å². The first-order chi connectivity index (χ1) is 18.6. The molecular weight excluding hydrogens is 525 g/mol. The smallest absolute Gasteiger partial charge is 0.410 e. The number of likely N-dealkylation sites (tertiary alicyclic amines) is 1. The number of hydrogen-bond acceptors (Lipinski definition) is 8. The molecule has 2 aromatic rings. The Morgan fingerprint density at radius 2 is 1.97 bits per heavy atom. The van der Waals surface area contributed by atoms with Crippen LogP contribution in [0.3, 0.4) is 0 Å². The van der Waals surface area contributed by atoms with Crippen LogP contribution in [0.4, 0.5) is 15.0 Å². The van der Waals surface area contributed by atoms with Gasteiger partial charge in [-0.15, -0.1) is 0 Å². The molecular formula is C27H35ClFN7O3. The van der Waals surface area contributed by atoms with Gasteiger partial charge in [-0.05, 0) is 59.5 Å². The molecule has 5 rings (SSSR count). The van der Waals surface area contributed by atoms with E-state index in [0.717, 1.165) is 32.5 Å². The quantitative estimate of drug-likeness (QED) is 0.364. The van der Waals surface area contributed by atoms with E-state index in [2.05, 4.69) is 19.7 Å². The van der Waals surface area contributed by atoms with Crippen molar-refractivity contribution in [2.75, 3.05) is 57.3 Å². The lowest BCUT2D eigenvalue weighted by Crippen LogP contribution is -2.57.